The Morgan fingerprint density at radius 3 is 2.91 bits per heavy atom. The number of nitrogens with one attached hydrogen (secondary N) is 2. The number of amides is 1. The molecule has 0 aromatic carbocycles. The second kappa shape index (κ2) is 6.83. The predicted octanol–water partition coefficient (Wildman–Crippen LogP) is 1.92. The summed E-state index contributed by atoms with van der Waals surface area (Å²) in [6.07, 6.45) is 4.74. The summed E-state index contributed by atoms with van der Waals surface area (Å²) in [5.41, 5.74) is 0.170. The third-order valence-corrected chi connectivity index (χ3v) is 4.25. The van der Waals surface area contributed by atoms with Crippen molar-refractivity contribution in [1.29, 1.82) is 0 Å². The molecule has 1 aliphatic carbocycles. The van der Waals surface area contributed by atoms with E-state index < -0.39 is 11.5 Å². The van der Waals surface area contributed by atoms with Crippen molar-refractivity contribution < 1.29 is 14.3 Å². The lowest BCUT2D eigenvalue weighted by atomic mass is 9.87. The fourth-order valence-corrected chi connectivity index (χ4v) is 3.01. The van der Waals surface area contributed by atoms with Crippen LogP contribution in [0.5, 0.6) is 0 Å². The van der Waals surface area contributed by atoms with Gasteiger partial charge in [0.15, 0.2) is 0 Å². The second-order valence-electron chi connectivity index (χ2n) is 5.99. The van der Waals surface area contributed by atoms with Gasteiger partial charge in [0.1, 0.15) is 11.3 Å². The fourth-order valence-electron chi connectivity index (χ4n) is 3.01. The van der Waals surface area contributed by atoms with Crippen LogP contribution in [0.4, 0.5) is 0 Å². The smallest absolute Gasteiger partial charge is 0.261 e. The zero-order chi connectivity index (χ0) is 16.2. The van der Waals surface area contributed by atoms with Gasteiger partial charge in [-0.1, -0.05) is 6.42 Å². The molecule has 23 heavy (non-hydrogen) atoms. The van der Waals surface area contributed by atoms with Crippen LogP contribution in [-0.4, -0.2) is 28.6 Å². The highest BCUT2D eigenvalue weighted by Crippen LogP contribution is 2.23. The van der Waals surface area contributed by atoms with Crippen LogP contribution < -0.4 is 10.9 Å². The summed E-state index contributed by atoms with van der Waals surface area (Å²) in [6, 6.07) is 6.62. The molecule has 1 amide bonds. The van der Waals surface area contributed by atoms with Gasteiger partial charge in [0.05, 0.1) is 18.1 Å². The first-order valence-electron chi connectivity index (χ1n) is 7.87. The molecule has 0 aliphatic heterocycles. The molecule has 0 spiro atoms. The Bertz CT molecular complexity index is 720. The molecule has 6 nitrogen and oxygen atoms in total. The number of carbonyl (C=O) groups excluding carboxylic acids is 1. The molecule has 0 saturated heterocycles. The van der Waals surface area contributed by atoms with Gasteiger partial charge in [-0.2, -0.15) is 0 Å². The number of rotatable bonds is 4. The Morgan fingerprint density at radius 1 is 1.35 bits per heavy atom. The number of aliphatic hydroxyl groups is 1. The van der Waals surface area contributed by atoms with Crippen molar-refractivity contribution in [2.24, 2.45) is 5.92 Å². The molecule has 122 valence electrons. The number of hydrogen-bond acceptors (Lipinski definition) is 4. The molecule has 0 radical (unpaired) electrons. The Morgan fingerprint density at radius 2 is 2.22 bits per heavy atom. The van der Waals surface area contributed by atoms with Gasteiger partial charge in [0.2, 0.25) is 0 Å². The van der Waals surface area contributed by atoms with E-state index in [4.69, 9.17) is 4.42 Å². The number of carbonyl (C=O) groups is 1. The molecule has 3 rings (SSSR count). The number of H-pyrrole nitrogens is 1. The lowest BCUT2D eigenvalue weighted by molar-refractivity contribution is 0.0872. The predicted molar refractivity (Wildman–Crippen MR) is 85.1 cm³/mol. The lowest BCUT2D eigenvalue weighted by Crippen LogP contribution is -2.35. The molecule has 2 aromatic rings. The van der Waals surface area contributed by atoms with E-state index in [-0.39, 0.29) is 17.6 Å². The van der Waals surface area contributed by atoms with Gasteiger partial charge in [-0.25, -0.2) is 0 Å². The van der Waals surface area contributed by atoms with E-state index in [1.165, 1.54) is 12.3 Å². The molecule has 2 unspecified atom stereocenters. The van der Waals surface area contributed by atoms with Crippen LogP contribution in [0.1, 0.15) is 36.0 Å². The van der Waals surface area contributed by atoms with Crippen molar-refractivity contribution in [3.8, 4) is 11.5 Å². The van der Waals surface area contributed by atoms with E-state index >= 15 is 0 Å². The van der Waals surface area contributed by atoms with Crippen molar-refractivity contribution in [3.63, 3.8) is 0 Å². The van der Waals surface area contributed by atoms with Gasteiger partial charge < -0.3 is 19.8 Å². The molecule has 3 N–H and O–H groups in total. The molecule has 2 atom stereocenters. The van der Waals surface area contributed by atoms with Gasteiger partial charge in [0.25, 0.3) is 11.5 Å². The molecule has 0 bridgehead atoms. The van der Waals surface area contributed by atoms with Crippen molar-refractivity contribution in [2.45, 2.75) is 31.8 Å². The molecule has 1 aliphatic rings. The van der Waals surface area contributed by atoms with Crippen molar-refractivity contribution in [1.82, 2.24) is 10.3 Å². The molecular formula is C17H20N2O4. The fraction of sp³-hybridized carbons (Fsp3) is 0.412. The van der Waals surface area contributed by atoms with E-state index in [9.17, 15) is 14.7 Å². The highest BCUT2D eigenvalue weighted by atomic mass is 16.3. The van der Waals surface area contributed by atoms with Crippen molar-refractivity contribution in [3.05, 3.63) is 46.4 Å². The zero-order valence-corrected chi connectivity index (χ0v) is 12.7. The minimum atomic E-state index is -0.444. The number of furan rings is 1. The third kappa shape index (κ3) is 3.71. The minimum absolute atomic E-state index is 0.0802. The average molecular weight is 316 g/mol. The molecule has 2 heterocycles. The van der Waals surface area contributed by atoms with Crippen LogP contribution in [0.2, 0.25) is 0 Å². The summed E-state index contributed by atoms with van der Waals surface area (Å²) >= 11 is 0. The van der Waals surface area contributed by atoms with Crippen LogP contribution in [0, 0.1) is 5.92 Å². The summed E-state index contributed by atoms with van der Waals surface area (Å²) in [5, 5.41) is 12.4. The molecule has 6 heteroatoms. The second-order valence-corrected chi connectivity index (χ2v) is 5.99. The largest absolute Gasteiger partial charge is 0.463 e. The average Bonchev–Trinajstić information content (AvgIpc) is 3.07. The SMILES string of the molecule is O=C(NCC1CCCC(O)C1)c1ccc(-c2ccco2)[nH]c1=O. The zero-order valence-electron chi connectivity index (χ0n) is 12.7. The maximum atomic E-state index is 12.2. The van der Waals surface area contributed by atoms with Gasteiger partial charge in [-0.05, 0) is 49.4 Å². The maximum absolute atomic E-state index is 12.2. The third-order valence-electron chi connectivity index (χ3n) is 4.25. The van der Waals surface area contributed by atoms with E-state index in [0.717, 1.165) is 19.3 Å². The van der Waals surface area contributed by atoms with Gasteiger partial charge >= 0.3 is 0 Å². The van der Waals surface area contributed by atoms with Gasteiger partial charge in [0, 0.05) is 6.54 Å². The van der Waals surface area contributed by atoms with Crippen molar-refractivity contribution in [2.75, 3.05) is 6.54 Å². The first-order valence-corrected chi connectivity index (χ1v) is 7.87. The van der Waals surface area contributed by atoms with Crippen LogP contribution in [0.25, 0.3) is 11.5 Å². The highest BCUT2D eigenvalue weighted by molar-refractivity contribution is 5.94. The minimum Gasteiger partial charge on any atom is -0.463 e. The quantitative estimate of drug-likeness (QED) is 0.803. The summed E-state index contributed by atoms with van der Waals surface area (Å²) in [7, 11) is 0. The number of aromatic nitrogens is 1. The standard InChI is InChI=1S/C17H20N2O4/c20-12-4-1-3-11(9-12)10-18-16(21)13-6-7-14(19-17(13)22)15-5-2-8-23-15/h2,5-8,11-12,20H,1,3-4,9-10H2,(H,18,21)(H,19,22). The van der Waals surface area contributed by atoms with E-state index in [2.05, 4.69) is 10.3 Å². The topological polar surface area (TPSA) is 95.3 Å². The van der Waals surface area contributed by atoms with E-state index in [1.54, 1.807) is 18.2 Å². The molecule has 1 fully saturated rings. The lowest BCUT2D eigenvalue weighted by Gasteiger charge is -2.25. The van der Waals surface area contributed by atoms with Crippen molar-refractivity contribution >= 4 is 5.91 Å². The highest BCUT2D eigenvalue weighted by Gasteiger charge is 2.21. The number of pyridine rings is 1. The molecule has 1 saturated carbocycles. The molecule has 2 aromatic heterocycles. The van der Waals surface area contributed by atoms with E-state index in [1.807, 2.05) is 0 Å². The Balaban J connectivity index is 1.64. The van der Waals surface area contributed by atoms with Crippen LogP contribution in [0.3, 0.4) is 0 Å². The Hall–Kier alpha value is -2.34. The van der Waals surface area contributed by atoms with Crippen LogP contribution in [-0.2, 0) is 0 Å². The number of aromatic amines is 1. The van der Waals surface area contributed by atoms with E-state index in [0.29, 0.717) is 24.4 Å². The van der Waals surface area contributed by atoms with Gasteiger partial charge in [-0.15, -0.1) is 0 Å². The van der Waals surface area contributed by atoms with Crippen LogP contribution in [0.15, 0.2) is 39.7 Å². The summed E-state index contributed by atoms with van der Waals surface area (Å²) < 4.78 is 5.22. The molecular weight excluding hydrogens is 296 g/mol. The first kappa shape index (κ1) is 15.6. The Labute approximate surface area is 133 Å². The van der Waals surface area contributed by atoms with Gasteiger partial charge in [-0.3, -0.25) is 9.59 Å². The monoisotopic (exact) mass is 316 g/mol. The normalized spacial score (nSPS) is 21.1. The first-order chi connectivity index (χ1) is 11.1. The summed E-state index contributed by atoms with van der Waals surface area (Å²) in [5.74, 6) is 0.423. The summed E-state index contributed by atoms with van der Waals surface area (Å²) in [4.78, 5) is 26.9. The number of aliphatic hydroxyl groups excluding tert-OH is 1. The number of hydrogen-bond donors (Lipinski definition) is 3. The Kier molecular flexibility index (Phi) is 4.62. The maximum Gasteiger partial charge on any atom is 0.261 e. The van der Waals surface area contributed by atoms with Crippen LogP contribution >= 0.6 is 0 Å². The summed E-state index contributed by atoms with van der Waals surface area (Å²) in [6.45, 7) is 0.481.